The number of ether oxygens (including phenoxy) is 1. The molecular weight excluding hydrogens is 436 g/mol. The lowest BCUT2D eigenvalue weighted by molar-refractivity contribution is -0.122. The Kier molecular flexibility index (Phi) is 5.89. The number of rotatable bonds is 5. The molecule has 1 amide bonds. The molecule has 160 valence electrons. The van der Waals surface area contributed by atoms with Crippen molar-refractivity contribution in [3.05, 3.63) is 83.4 Å². The van der Waals surface area contributed by atoms with Gasteiger partial charge in [0.25, 0.3) is 15.9 Å². The molecule has 1 aliphatic heterocycles. The minimum atomic E-state index is -3.93. The summed E-state index contributed by atoms with van der Waals surface area (Å²) in [5, 5.41) is 3.25. The third kappa shape index (κ3) is 4.38. The van der Waals surface area contributed by atoms with Crippen LogP contribution >= 0.6 is 11.6 Å². The third-order valence-corrected chi connectivity index (χ3v) is 7.10. The summed E-state index contributed by atoms with van der Waals surface area (Å²) in [7, 11) is -3.93. The zero-order chi connectivity index (χ0) is 22.0. The van der Waals surface area contributed by atoms with Crippen LogP contribution in [0.4, 0.5) is 11.4 Å². The molecule has 0 bridgehead atoms. The van der Waals surface area contributed by atoms with Crippen LogP contribution in [0, 0.1) is 0 Å². The highest BCUT2D eigenvalue weighted by atomic mass is 35.5. The van der Waals surface area contributed by atoms with E-state index >= 15 is 0 Å². The Hall–Kier alpha value is -3.03. The Balaban J connectivity index is 1.63. The topological polar surface area (TPSA) is 75.7 Å². The molecule has 1 N–H and O–H groups in total. The number of halogens is 1. The van der Waals surface area contributed by atoms with Crippen LogP contribution in [0.1, 0.15) is 12.5 Å². The van der Waals surface area contributed by atoms with E-state index in [0.717, 1.165) is 12.0 Å². The first kappa shape index (κ1) is 21.2. The lowest BCUT2D eigenvalue weighted by atomic mass is 10.1. The van der Waals surface area contributed by atoms with Crippen molar-refractivity contribution in [2.75, 3.05) is 16.2 Å². The SMILES string of the molecule is CCc1ccc(NC(=O)C2CN(S(=O)(=O)c3ccc(Cl)cc3)c3ccccc3O2)cc1. The summed E-state index contributed by atoms with van der Waals surface area (Å²) in [6.07, 6.45) is -0.114. The quantitative estimate of drug-likeness (QED) is 0.613. The number of anilines is 2. The molecule has 0 saturated heterocycles. The minimum absolute atomic E-state index is 0.0860. The summed E-state index contributed by atoms with van der Waals surface area (Å²) in [6, 6.07) is 20.2. The Morgan fingerprint density at radius 2 is 1.74 bits per heavy atom. The number of carbonyl (C=O) groups is 1. The summed E-state index contributed by atoms with van der Waals surface area (Å²) in [5.74, 6) is -0.0946. The molecule has 4 rings (SSSR count). The highest BCUT2D eigenvalue weighted by Gasteiger charge is 2.37. The van der Waals surface area contributed by atoms with E-state index in [9.17, 15) is 13.2 Å². The van der Waals surface area contributed by atoms with Gasteiger partial charge in [-0.2, -0.15) is 0 Å². The van der Waals surface area contributed by atoms with E-state index in [-0.39, 0.29) is 11.4 Å². The molecule has 0 saturated carbocycles. The second kappa shape index (κ2) is 8.61. The molecule has 31 heavy (non-hydrogen) atoms. The number of sulfonamides is 1. The average Bonchev–Trinajstić information content (AvgIpc) is 2.79. The van der Waals surface area contributed by atoms with Crippen molar-refractivity contribution in [2.24, 2.45) is 0 Å². The summed E-state index contributed by atoms with van der Waals surface area (Å²) in [5.41, 5.74) is 2.16. The number of aryl methyl sites for hydroxylation is 1. The van der Waals surface area contributed by atoms with Gasteiger partial charge in [-0.15, -0.1) is 0 Å². The number of hydrogen-bond donors (Lipinski definition) is 1. The van der Waals surface area contributed by atoms with Crippen LogP contribution in [-0.4, -0.2) is 27.0 Å². The molecule has 0 aliphatic carbocycles. The lowest BCUT2D eigenvalue weighted by Crippen LogP contribution is -2.48. The van der Waals surface area contributed by atoms with E-state index in [0.29, 0.717) is 22.1 Å². The van der Waals surface area contributed by atoms with E-state index in [1.54, 1.807) is 24.3 Å². The maximum Gasteiger partial charge on any atom is 0.267 e. The predicted octanol–water partition coefficient (Wildman–Crippen LogP) is 4.50. The van der Waals surface area contributed by atoms with E-state index in [2.05, 4.69) is 12.2 Å². The highest BCUT2D eigenvalue weighted by Crippen LogP contribution is 2.37. The molecule has 0 spiro atoms. The maximum absolute atomic E-state index is 13.4. The number of benzene rings is 3. The van der Waals surface area contributed by atoms with Gasteiger partial charge in [-0.05, 0) is 60.5 Å². The molecule has 1 atom stereocenters. The van der Waals surface area contributed by atoms with Crippen molar-refractivity contribution in [3.63, 3.8) is 0 Å². The number of nitrogens with one attached hydrogen (secondary N) is 1. The van der Waals surface area contributed by atoms with Crippen molar-refractivity contribution >= 4 is 38.9 Å². The second-order valence-electron chi connectivity index (χ2n) is 7.10. The standard InChI is InChI=1S/C23H21ClN2O4S/c1-2-16-7-11-18(12-8-16)25-23(27)22-15-26(20-5-3-4-6-21(20)30-22)31(28,29)19-13-9-17(24)10-14-19/h3-14,22H,2,15H2,1H3,(H,25,27). The van der Waals surface area contributed by atoms with Gasteiger partial charge in [0.05, 0.1) is 17.1 Å². The molecule has 0 aromatic heterocycles. The Morgan fingerprint density at radius 3 is 2.42 bits per heavy atom. The van der Waals surface area contributed by atoms with Crippen LogP contribution in [-0.2, 0) is 21.2 Å². The number of fused-ring (bicyclic) bond motifs is 1. The highest BCUT2D eigenvalue weighted by molar-refractivity contribution is 7.92. The largest absolute Gasteiger partial charge is 0.476 e. The van der Waals surface area contributed by atoms with Gasteiger partial charge in [-0.25, -0.2) is 8.42 Å². The fraction of sp³-hybridized carbons (Fsp3) is 0.174. The van der Waals surface area contributed by atoms with Gasteiger partial charge < -0.3 is 10.1 Å². The Morgan fingerprint density at radius 1 is 1.06 bits per heavy atom. The minimum Gasteiger partial charge on any atom is -0.476 e. The van der Waals surface area contributed by atoms with Gasteiger partial charge in [0.15, 0.2) is 6.10 Å². The molecule has 1 unspecified atom stereocenters. The monoisotopic (exact) mass is 456 g/mol. The molecule has 3 aromatic rings. The van der Waals surface area contributed by atoms with E-state index in [1.165, 1.54) is 28.6 Å². The van der Waals surface area contributed by atoms with Crippen molar-refractivity contribution < 1.29 is 17.9 Å². The van der Waals surface area contributed by atoms with Gasteiger partial charge in [-0.1, -0.05) is 42.8 Å². The van der Waals surface area contributed by atoms with Gasteiger partial charge in [0.1, 0.15) is 5.75 Å². The number of amides is 1. The smallest absolute Gasteiger partial charge is 0.267 e. The van der Waals surface area contributed by atoms with Crippen molar-refractivity contribution in [1.82, 2.24) is 0 Å². The normalized spacial score (nSPS) is 15.7. The number of carbonyl (C=O) groups excluding carboxylic acids is 1. The molecule has 8 heteroatoms. The summed E-state index contributed by atoms with van der Waals surface area (Å²) >= 11 is 5.91. The zero-order valence-electron chi connectivity index (χ0n) is 16.8. The van der Waals surface area contributed by atoms with E-state index < -0.39 is 22.0 Å². The third-order valence-electron chi connectivity index (χ3n) is 5.06. The number of hydrogen-bond acceptors (Lipinski definition) is 4. The zero-order valence-corrected chi connectivity index (χ0v) is 18.4. The molecular formula is C23H21ClN2O4S. The fourth-order valence-corrected chi connectivity index (χ4v) is 4.95. The van der Waals surface area contributed by atoms with E-state index in [1.807, 2.05) is 24.3 Å². The molecule has 0 radical (unpaired) electrons. The number of para-hydroxylation sites is 2. The van der Waals surface area contributed by atoms with Crippen LogP contribution in [0.5, 0.6) is 5.75 Å². The number of nitrogens with zero attached hydrogens (tertiary/aromatic N) is 1. The summed E-state index contributed by atoms with van der Waals surface area (Å²) in [4.78, 5) is 13.0. The first-order chi connectivity index (χ1) is 14.9. The second-order valence-corrected chi connectivity index (χ2v) is 9.40. The molecule has 0 fully saturated rings. The van der Waals surface area contributed by atoms with Crippen molar-refractivity contribution in [1.29, 1.82) is 0 Å². The molecule has 6 nitrogen and oxygen atoms in total. The fourth-order valence-electron chi connectivity index (χ4n) is 3.35. The van der Waals surface area contributed by atoms with Crippen LogP contribution in [0.15, 0.2) is 77.7 Å². The van der Waals surface area contributed by atoms with Crippen LogP contribution in [0.2, 0.25) is 5.02 Å². The Bertz CT molecular complexity index is 1200. The van der Waals surface area contributed by atoms with Gasteiger partial charge in [-0.3, -0.25) is 9.10 Å². The lowest BCUT2D eigenvalue weighted by Gasteiger charge is -2.34. The molecule has 1 heterocycles. The van der Waals surface area contributed by atoms with Gasteiger partial charge in [0, 0.05) is 10.7 Å². The Labute approximate surface area is 186 Å². The first-order valence-electron chi connectivity index (χ1n) is 9.82. The molecule has 3 aromatic carbocycles. The van der Waals surface area contributed by atoms with Crippen molar-refractivity contribution in [3.8, 4) is 5.75 Å². The van der Waals surface area contributed by atoms with E-state index in [4.69, 9.17) is 16.3 Å². The van der Waals surface area contributed by atoms with Gasteiger partial charge in [0.2, 0.25) is 0 Å². The molecule has 1 aliphatic rings. The maximum atomic E-state index is 13.4. The van der Waals surface area contributed by atoms with Crippen LogP contribution < -0.4 is 14.4 Å². The van der Waals surface area contributed by atoms with Crippen LogP contribution in [0.3, 0.4) is 0 Å². The van der Waals surface area contributed by atoms with Crippen molar-refractivity contribution in [2.45, 2.75) is 24.3 Å². The first-order valence-corrected chi connectivity index (χ1v) is 11.6. The predicted molar refractivity (Wildman–Crippen MR) is 121 cm³/mol. The van der Waals surface area contributed by atoms with Gasteiger partial charge >= 0.3 is 0 Å². The average molecular weight is 457 g/mol. The summed E-state index contributed by atoms with van der Waals surface area (Å²) in [6.45, 7) is 1.90. The summed E-state index contributed by atoms with van der Waals surface area (Å²) < 4.78 is 33.8. The van der Waals surface area contributed by atoms with Crippen LogP contribution in [0.25, 0.3) is 0 Å².